The molecule has 15 heavy (non-hydrogen) atoms. The van der Waals surface area contributed by atoms with Crippen LogP contribution in [0.4, 0.5) is 4.79 Å². The molecule has 2 N–H and O–H groups in total. The Hall–Kier alpha value is -1.03. The van der Waals surface area contributed by atoms with Crippen molar-refractivity contribution in [3.05, 3.63) is 12.7 Å². The molecule has 0 spiro atoms. The first-order valence-electron chi connectivity index (χ1n) is 5.07. The van der Waals surface area contributed by atoms with Gasteiger partial charge in [0.25, 0.3) is 0 Å². The molecule has 0 rings (SSSR count). The predicted octanol–water partition coefficient (Wildman–Crippen LogP) is 1.70. The highest BCUT2D eigenvalue weighted by Crippen LogP contribution is 2.21. The lowest BCUT2D eigenvalue weighted by atomic mass is 9.85. The highest BCUT2D eigenvalue weighted by atomic mass is 16.5. The van der Waals surface area contributed by atoms with E-state index in [1.54, 1.807) is 0 Å². The second-order valence-electron chi connectivity index (χ2n) is 4.46. The average molecular weight is 215 g/mol. The van der Waals surface area contributed by atoms with E-state index >= 15 is 0 Å². The van der Waals surface area contributed by atoms with Crippen molar-refractivity contribution < 1.29 is 14.6 Å². The molecule has 1 atom stereocenters. The fraction of sp³-hybridized carbons (Fsp3) is 0.727. The van der Waals surface area contributed by atoms with Gasteiger partial charge in [0.2, 0.25) is 0 Å². The van der Waals surface area contributed by atoms with Crippen molar-refractivity contribution in [3.8, 4) is 0 Å². The van der Waals surface area contributed by atoms with E-state index < -0.39 is 6.09 Å². The van der Waals surface area contributed by atoms with Crippen molar-refractivity contribution >= 4 is 6.09 Å². The molecule has 4 heteroatoms. The number of carbonyl (C=O) groups excluding carboxylic acids is 1. The summed E-state index contributed by atoms with van der Waals surface area (Å²) in [7, 11) is 0. The van der Waals surface area contributed by atoms with Crippen LogP contribution in [0.25, 0.3) is 0 Å². The summed E-state index contributed by atoms with van der Waals surface area (Å²) in [6.45, 7) is 9.70. The van der Waals surface area contributed by atoms with E-state index in [-0.39, 0.29) is 24.7 Å². The number of carbonyl (C=O) groups is 1. The Labute approximate surface area is 91.3 Å². The third-order valence-electron chi connectivity index (χ3n) is 2.09. The maximum absolute atomic E-state index is 11.3. The maximum atomic E-state index is 11.3. The van der Waals surface area contributed by atoms with Gasteiger partial charge in [0.05, 0.1) is 0 Å². The molecule has 0 aliphatic heterocycles. The number of amides is 1. The van der Waals surface area contributed by atoms with Gasteiger partial charge in [-0.25, -0.2) is 4.79 Å². The molecular formula is C11H21NO3. The van der Waals surface area contributed by atoms with Gasteiger partial charge < -0.3 is 15.2 Å². The van der Waals surface area contributed by atoms with Crippen LogP contribution in [0.2, 0.25) is 0 Å². The van der Waals surface area contributed by atoms with E-state index in [1.165, 1.54) is 6.08 Å². The standard InChI is InChI=1S/C11H21NO3/c1-5-8-15-10(14)12-9(6-7-13)11(2,3)4/h5,9,13H,1,6-8H2,2-4H3,(H,12,14). The Morgan fingerprint density at radius 3 is 2.60 bits per heavy atom. The number of rotatable bonds is 5. The molecule has 0 aromatic carbocycles. The molecule has 0 heterocycles. The third-order valence-corrected chi connectivity index (χ3v) is 2.09. The van der Waals surface area contributed by atoms with Crippen molar-refractivity contribution in [3.63, 3.8) is 0 Å². The van der Waals surface area contributed by atoms with Crippen LogP contribution in [-0.4, -0.2) is 30.5 Å². The topological polar surface area (TPSA) is 58.6 Å². The fourth-order valence-electron chi connectivity index (χ4n) is 1.17. The highest BCUT2D eigenvalue weighted by molar-refractivity contribution is 5.67. The van der Waals surface area contributed by atoms with Gasteiger partial charge in [0.1, 0.15) is 6.61 Å². The zero-order valence-corrected chi connectivity index (χ0v) is 9.75. The Morgan fingerprint density at radius 1 is 1.60 bits per heavy atom. The van der Waals surface area contributed by atoms with Gasteiger partial charge >= 0.3 is 6.09 Å². The summed E-state index contributed by atoms with van der Waals surface area (Å²) in [6, 6.07) is -0.0974. The van der Waals surface area contributed by atoms with Gasteiger partial charge in [-0.3, -0.25) is 0 Å². The van der Waals surface area contributed by atoms with E-state index in [4.69, 9.17) is 9.84 Å². The van der Waals surface area contributed by atoms with Crippen LogP contribution < -0.4 is 5.32 Å². The van der Waals surface area contributed by atoms with E-state index in [0.717, 1.165) is 0 Å². The molecule has 0 saturated heterocycles. The van der Waals surface area contributed by atoms with Gasteiger partial charge in [0.15, 0.2) is 0 Å². The van der Waals surface area contributed by atoms with Crippen LogP contribution >= 0.6 is 0 Å². The lowest BCUT2D eigenvalue weighted by Crippen LogP contribution is -2.44. The number of nitrogens with one attached hydrogen (secondary N) is 1. The van der Waals surface area contributed by atoms with Gasteiger partial charge in [-0.1, -0.05) is 33.4 Å². The average Bonchev–Trinajstić information content (AvgIpc) is 2.12. The molecule has 0 fully saturated rings. The fourth-order valence-corrected chi connectivity index (χ4v) is 1.17. The van der Waals surface area contributed by atoms with Crippen molar-refractivity contribution in [1.82, 2.24) is 5.32 Å². The Balaban J connectivity index is 4.16. The summed E-state index contributed by atoms with van der Waals surface area (Å²) < 4.78 is 4.81. The van der Waals surface area contributed by atoms with Gasteiger partial charge in [-0.2, -0.15) is 0 Å². The normalized spacial score (nSPS) is 13.1. The SMILES string of the molecule is C=CCOC(=O)NC(CCO)C(C)(C)C. The van der Waals surface area contributed by atoms with E-state index in [2.05, 4.69) is 11.9 Å². The second-order valence-corrected chi connectivity index (χ2v) is 4.46. The molecule has 0 aromatic rings. The summed E-state index contributed by atoms with van der Waals surface area (Å²) in [6.07, 6.45) is 1.56. The molecular weight excluding hydrogens is 194 g/mol. The molecule has 0 aromatic heterocycles. The van der Waals surface area contributed by atoms with Crippen LogP contribution in [-0.2, 0) is 4.74 Å². The predicted molar refractivity (Wildman–Crippen MR) is 59.6 cm³/mol. The largest absolute Gasteiger partial charge is 0.445 e. The summed E-state index contributed by atoms with van der Waals surface area (Å²) in [5.41, 5.74) is -0.101. The minimum Gasteiger partial charge on any atom is -0.445 e. The first-order chi connectivity index (χ1) is 6.91. The molecule has 0 aliphatic rings. The lowest BCUT2D eigenvalue weighted by Gasteiger charge is -2.30. The van der Waals surface area contributed by atoms with Gasteiger partial charge in [-0.15, -0.1) is 0 Å². The minimum atomic E-state index is -0.469. The van der Waals surface area contributed by atoms with E-state index in [1.807, 2.05) is 20.8 Å². The molecule has 0 aliphatic carbocycles. The van der Waals surface area contributed by atoms with Crippen LogP contribution in [0.5, 0.6) is 0 Å². The van der Waals surface area contributed by atoms with E-state index in [0.29, 0.717) is 6.42 Å². The van der Waals surface area contributed by atoms with Gasteiger partial charge in [-0.05, 0) is 11.8 Å². The molecule has 4 nitrogen and oxygen atoms in total. The Morgan fingerprint density at radius 2 is 2.20 bits per heavy atom. The molecule has 0 radical (unpaired) electrons. The number of aliphatic hydroxyl groups is 1. The molecule has 1 amide bonds. The third kappa shape index (κ3) is 6.12. The Bertz CT molecular complexity index is 208. The summed E-state index contributed by atoms with van der Waals surface area (Å²) in [5.74, 6) is 0. The lowest BCUT2D eigenvalue weighted by molar-refractivity contribution is 0.134. The Kier molecular flexibility index (Phi) is 6.01. The van der Waals surface area contributed by atoms with Crippen molar-refractivity contribution in [1.29, 1.82) is 0 Å². The molecule has 0 saturated carbocycles. The number of alkyl carbamates (subject to hydrolysis) is 1. The zero-order chi connectivity index (χ0) is 11.9. The maximum Gasteiger partial charge on any atom is 0.407 e. The van der Waals surface area contributed by atoms with Crippen molar-refractivity contribution in [2.75, 3.05) is 13.2 Å². The number of hydrogen-bond acceptors (Lipinski definition) is 3. The summed E-state index contributed by atoms with van der Waals surface area (Å²) >= 11 is 0. The van der Waals surface area contributed by atoms with Crippen LogP contribution in [0, 0.1) is 5.41 Å². The quantitative estimate of drug-likeness (QED) is 0.686. The highest BCUT2D eigenvalue weighted by Gasteiger charge is 2.25. The summed E-state index contributed by atoms with van der Waals surface area (Å²) in [4.78, 5) is 11.3. The molecule has 88 valence electrons. The number of hydrogen-bond donors (Lipinski definition) is 2. The molecule has 1 unspecified atom stereocenters. The first kappa shape index (κ1) is 14.0. The summed E-state index contributed by atoms with van der Waals surface area (Å²) in [5, 5.41) is 11.6. The monoisotopic (exact) mass is 215 g/mol. The van der Waals surface area contributed by atoms with Crippen LogP contribution in [0.1, 0.15) is 27.2 Å². The van der Waals surface area contributed by atoms with E-state index in [9.17, 15) is 4.79 Å². The van der Waals surface area contributed by atoms with Crippen LogP contribution in [0.15, 0.2) is 12.7 Å². The first-order valence-corrected chi connectivity index (χ1v) is 5.07. The minimum absolute atomic E-state index is 0.0453. The number of ether oxygens (including phenoxy) is 1. The van der Waals surface area contributed by atoms with Crippen LogP contribution in [0.3, 0.4) is 0 Å². The van der Waals surface area contributed by atoms with Crippen molar-refractivity contribution in [2.45, 2.75) is 33.2 Å². The van der Waals surface area contributed by atoms with Crippen molar-refractivity contribution in [2.24, 2.45) is 5.41 Å². The van der Waals surface area contributed by atoms with Gasteiger partial charge in [0, 0.05) is 12.6 Å². The molecule has 0 bridgehead atoms. The number of aliphatic hydroxyl groups excluding tert-OH is 1. The zero-order valence-electron chi connectivity index (χ0n) is 9.75. The second kappa shape index (κ2) is 6.45. The smallest absolute Gasteiger partial charge is 0.407 e.